The number of phenolic OH excluding ortho intramolecular Hbond substituents is 1. The number of carbonyl (C=O) groups is 1. The third-order valence-electron chi connectivity index (χ3n) is 4.51. The van der Waals surface area contributed by atoms with E-state index in [1.807, 2.05) is 19.1 Å². The highest BCUT2D eigenvalue weighted by molar-refractivity contribution is 5.79. The van der Waals surface area contributed by atoms with Gasteiger partial charge in [-0.2, -0.15) is 0 Å². The number of aromatic hydroxyl groups is 1. The van der Waals surface area contributed by atoms with Gasteiger partial charge < -0.3 is 9.84 Å². The Bertz CT molecular complexity index is 541. The van der Waals surface area contributed by atoms with Crippen LogP contribution in [0.3, 0.4) is 0 Å². The third-order valence-corrected chi connectivity index (χ3v) is 4.51. The van der Waals surface area contributed by atoms with Gasteiger partial charge in [-0.25, -0.2) is 0 Å². The van der Waals surface area contributed by atoms with Crippen molar-refractivity contribution in [3.63, 3.8) is 0 Å². The standard InChI is InChI=1S/C21H34O3/c1-7-8-9-10-11-12-24-20(23)16(3)18-14-17(21(4,5)6)13-15(2)19(18)22/h13-14,16,22H,7-12H2,1-6H3. The van der Waals surface area contributed by atoms with Crippen molar-refractivity contribution in [2.24, 2.45) is 0 Å². The Kier molecular flexibility index (Phi) is 7.78. The summed E-state index contributed by atoms with van der Waals surface area (Å²) < 4.78 is 5.41. The van der Waals surface area contributed by atoms with Crippen molar-refractivity contribution in [3.05, 3.63) is 28.8 Å². The minimum Gasteiger partial charge on any atom is -0.507 e. The molecule has 3 heteroatoms. The van der Waals surface area contributed by atoms with Crippen molar-refractivity contribution in [3.8, 4) is 5.75 Å². The molecule has 1 unspecified atom stereocenters. The highest BCUT2D eigenvalue weighted by Crippen LogP contribution is 2.35. The number of carbonyl (C=O) groups excluding carboxylic acids is 1. The Morgan fingerprint density at radius 3 is 2.38 bits per heavy atom. The summed E-state index contributed by atoms with van der Waals surface area (Å²) in [7, 11) is 0. The van der Waals surface area contributed by atoms with Crippen molar-refractivity contribution in [2.75, 3.05) is 6.61 Å². The summed E-state index contributed by atoms with van der Waals surface area (Å²) in [5.41, 5.74) is 2.55. The van der Waals surface area contributed by atoms with Crippen molar-refractivity contribution in [2.45, 2.75) is 85.0 Å². The summed E-state index contributed by atoms with van der Waals surface area (Å²) in [6, 6.07) is 3.93. The average molecular weight is 335 g/mol. The number of ether oxygens (including phenoxy) is 1. The van der Waals surface area contributed by atoms with Crippen LogP contribution in [0, 0.1) is 6.92 Å². The van der Waals surface area contributed by atoms with Gasteiger partial charge in [0.05, 0.1) is 12.5 Å². The lowest BCUT2D eigenvalue weighted by molar-refractivity contribution is -0.145. The van der Waals surface area contributed by atoms with Gasteiger partial charge in [-0.3, -0.25) is 4.79 Å². The maximum Gasteiger partial charge on any atom is 0.313 e. The summed E-state index contributed by atoms with van der Waals surface area (Å²) >= 11 is 0. The van der Waals surface area contributed by atoms with Crippen LogP contribution in [0.25, 0.3) is 0 Å². The molecule has 1 rings (SSSR count). The van der Waals surface area contributed by atoms with E-state index < -0.39 is 5.92 Å². The second-order valence-electron chi connectivity index (χ2n) is 7.78. The third kappa shape index (κ3) is 5.85. The predicted octanol–water partition coefficient (Wildman–Crippen LogP) is 5.62. The summed E-state index contributed by atoms with van der Waals surface area (Å²) in [5, 5.41) is 10.4. The predicted molar refractivity (Wildman–Crippen MR) is 99.7 cm³/mol. The van der Waals surface area contributed by atoms with E-state index in [0.29, 0.717) is 12.2 Å². The van der Waals surface area contributed by atoms with E-state index >= 15 is 0 Å². The molecule has 1 aromatic carbocycles. The number of hydrogen-bond donors (Lipinski definition) is 1. The smallest absolute Gasteiger partial charge is 0.313 e. The number of benzene rings is 1. The van der Waals surface area contributed by atoms with Crippen molar-refractivity contribution >= 4 is 5.97 Å². The van der Waals surface area contributed by atoms with E-state index in [1.165, 1.54) is 19.3 Å². The number of rotatable bonds is 8. The summed E-state index contributed by atoms with van der Waals surface area (Å²) in [4.78, 5) is 12.3. The lowest BCUT2D eigenvalue weighted by Crippen LogP contribution is -2.17. The summed E-state index contributed by atoms with van der Waals surface area (Å²) in [6.45, 7) is 12.7. The van der Waals surface area contributed by atoms with Crippen LogP contribution in [-0.4, -0.2) is 17.7 Å². The molecule has 1 aromatic rings. The molecule has 0 heterocycles. The molecular formula is C21H34O3. The van der Waals surface area contributed by atoms with Gasteiger partial charge >= 0.3 is 5.97 Å². The lowest BCUT2D eigenvalue weighted by Gasteiger charge is -2.23. The number of aryl methyl sites for hydroxylation is 1. The highest BCUT2D eigenvalue weighted by Gasteiger charge is 2.24. The van der Waals surface area contributed by atoms with Crippen LogP contribution in [-0.2, 0) is 14.9 Å². The maximum atomic E-state index is 12.3. The second-order valence-corrected chi connectivity index (χ2v) is 7.78. The van der Waals surface area contributed by atoms with Gasteiger partial charge in [0.25, 0.3) is 0 Å². The molecule has 0 radical (unpaired) electrons. The van der Waals surface area contributed by atoms with Gasteiger partial charge in [0.2, 0.25) is 0 Å². The van der Waals surface area contributed by atoms with Crippen LogP contribution in [0.2, 0.25) is 0 Å². The molecule has 0 aliphatic carbocycles. The van der Waals surface area contributed by atoms with Crippen LogP contribution in [0.4, 0.5) is 0 Å². The normalized spacial score (nSPS) is 12.9. The van der Waals surface area contributed by atoms with E-state index in [4.69, 9.17) is 4.74 Å². The summed E-state index contributed by atoms with van der Waals surface area (Å²) in [6.07, 6.45) is 5.64. The fourth-order valence-corrected chi connectivity index (χ4v) is 2.70. The SMILES string of the molecule is CCCCCCCOC(=O)C(C)c1cc(C(C)(C)C)cc(C)c1O. The monoisotopic (exact) mass is 334 g/mol. The van der Waals surface area contributed by atoms with Gasteiger partial charge in [-0.05, 0) is 36.8 Å². The van der Waals surface area contributed by atoms with Crippen LogP contribution in [0.15, 0.2) is 12.1 Å². The van der Waals surface area contributed by atoms with E-state index in [0.717, 1.165) is 24.0 Å². The lowest BCUT2D eigenvalue weighted by atomic mass is 9.83. The topological polar surface area (TPSA) is 46.5 Å². The zero-order valence-corrected chi connectivity index (χ0v) is 16.2. The first kappa shape index (κ1) is 20.5. The van der Waals surface area contributed by atoms with Gasteiger partial charge in [0, 0.05) is 5.56 Å². The fraction of sp³-hybridized carbons (Fsp3) is 0.667. The Hall–Kier alpha value is -1.51. The van der Waals surface area contributed by atoms with Crippen molar-refractivity contribution < 1.29 is 14.6 Å². The molecule has 0 aliphatic rings. The number of esters is 1. The van der Waals surface area contributed by atoms with Crippen LogP contribution in [0.1, 0.15) is 89.3 Å². The molecule has 136 valence electrons. The van der Waals surface area contributed by atoms with Crippen LogP contribution < -0.4 is 0 Å². The zero-order chi connectivity index (χ0) is 18.3. The van der Waals surface area contributed by atoms with E-state index in [2.05, 4.69) is 27.7 Å². The van der Waals surface area contributed by atoms with Gasteiger partial charge in [0.15, 0.2) is 0 Å². The van der Waals surface area contributed by atoms with E-state index in [9.17, 15) is 9.90 Å². The minimum absolute atomic E-state index is 0.0316. The molecule has 0 saturated carbocycles. The molecule has 3 nitrogen and oxygen atoms in total. The molecule has 1 N–H and O–H groups in total. The number of unbranched alkanes of at least 4 members (excludes halogenated alkanes) is 4. The highest BCUT2D eigenvalue weighted by atomic mass is 16.5. The van der Waals surface area contributed by atoms with E-state index in [1.54, 1.807) is 6.92 Å². The van der Waals surface area contributed by atoms with Gasteiger partial charge in [0.1, 0.15) is 5.75 Å². The quantitative estimate of drug-likeness (QED) is 0.496. The Morgan fingerprint density at radius 1 is 1.17 bits per heavy atom. The first-order chi connectivity index (χ1) is 11.2. The molecular weight excluding hydrogens is 300 g/mol. The van der Waals surface area contributed by atoms with E-state index in [-0.39, 0.29) is 17.1 Å². The fourth-order valence-electron chi connectivity index (χ4n) is 2.70. The molecule has 0 saturated heterocycles. The Balaban J connectivity index is 2.74. The van der Waals surface area contributed by atoms with Gasteiger partial charge in [-0.15, -0.1) is 0 Å². The average Bonchev–Trinajstić information content (AvgIpc) is 2.51. The Labute approximate surface area is 147 Å². The molecule has 1 atom stereocenters. The first-order valence-corrected chi connectivity index (χ1v) is 9.19. The second kappa shape index (κ2) is 9.10. The zero-order valence-electron chi connectivity index (χ0n) is 16.2. The molecule has 0 fully saturated rings. The van der Waals surface area contributed by atoms with Crippen LogP contribution >= 0.6 is 0 Å². The minimum atomic E-state index is -0.457. The summed E-state index contributed by atoms with van der Waals surface area (Å²) in [5.74, 6) is -0.511. The molecule has 0 aromatic heterocycles. The van der Waals surface area contributed by atoms with Crippen molar-refractivity contribution in [1.82, 2.24) is 0 Å². The molecule has 0 spiro atoms. The molecule has 0 amide bonds. The molecule has 0 aliphatic heterocycles. The molecule has 0 bridgehead atoms. The van der Waals surface area contributed by atoms with Crippen LogP contribution in [0.5, 0.6) is 5.75 Å². The Morgan fingerprint density at radius 2 is 1.79 bits per heavy atom. The first-order valence-electron chi connectivity index (χ1n) is 9.19. The molecule has 24 heavy (non-hydrogen) atoms. The maximum absolute atomic E-state index is 12.3. The largest absolute Gasteiger partial charge is 0.507 e. The number of phenols is 1. The number of hydrogen-bond acceptors (Lipinski definition) is 3. The van der Waals surface area contributed by atoms with Gasteiger partial charge in [-0.1, -0.05) is 65.5 Å². The van der Waals surface area contributed by atoms with Crippen molar-refractivity contribution in [1.29, 1.82) is 0 Å².